The highest BCUT2D eigenvalue weighted by Crippen LogP contribution is 2.29. The van der Waals surface area contributed by atoms with Crippen molar-refractivity contribution in [1.29, 1.82) is 0 Å². The van der Waals surface area contributed by atoms with Crippen molar-refractivity contribution < 1.29 is 9.59 Å². The van der Waals surface area contributed by atoms with Crippen molar-refractivity contribution in [2.45, 2.75) is 38.1 Å². The fraction of sp³-hybridized carbons (Fsp3) is 0.562. The summed E-state index contributed by atoms with van der Waals surface area (Å²) in [6.07, 6.45) is 8.38. The lowest BCUT2D eigenvalue weighted by molar-refractivity contribution is -0.125. The number of aromatic nitrogens is 1. The number of nitrogens with one attached hydrogen (secondary N) is 2. The van der Waals surface area contributed by atoms with Crippen LogP contribution in [0, 0.1) is 11.8 Å². The highest BCUT2D eigenvalue weighted by atomic mass is 16.2. The zero-order valence-electron chi connectivity index (χ0n) is 12.0. The van der Waals surface area contributed by atoms with Crippen LogP contribution in [0.15, 0.2) is 24.5 Å². The molecule has 0 aromatic carbocycles. The fourth-order valence-electron chi connectivity index (χ4n) is 2.90. The molecule has 2 fully saturated rings. The van der Waals surface area contributed by atoms with Crippen LogP contribution < -0.4 is 10.6 Å². The molecule has 2 amide bonds. The van der Waals surface area contributed by atoms with Crippen LogP contribution in [0.1, 0.15) is 42.5 Å². The second kappa shape index (κ2) is 6.24. The number of nitrogens with zero attached hydrogens (tertiary/aromatic N) is 1. The topological polar surface area (TPSA) is 71.1 Å². The van der Waals surface area contributed by atoms with Crippen LogP contribution in [0.4, 0.5) is 0 Å². The Labute approximate surface area is 124 Å². The minimum absolute atomic E-state index is 0.0510. The van der Waals surface area contributed by atoms with Gasteiger partial charge in [0.25, 0.3) is 5.91 Å². The number of amides is 2. The van der Waals surface area contributed by atoms with E-state index in [-0.39, 0.29) is 23.8 Å². The average Bonchev–Trinajstić information content (AvgIpc) is 3.23. The molecule has 0 aliphatic heterocycles. The predicted molar refractivity (Wildman–Crippen MR) is 78.6 cm³/mol. The number of carbonyl (C=O) groups excluding carboxylic acids is 2. The van der Waals surface area contributed by atoms with Gasteiger partial charge in [-0.3, -0.25) is 14.6 Å². The van der Waals surface area contributed by atoms with Crippen LogP contribution in [0.25, 0.3) is 0 Å². The van der Waals surface area contributed by atoms with E-state index in [9.17, 15) is 9.59 Å². The van der Waals surface area contributed by atoms with Crippen LogP contribution in [-0.2, 0) is 4.79 Å². The summed E-state index contributed by atoms with van der Waals surface area (Å²) < 4.78 is 0. The molecule has 2 saturated carbocycles. The van der Waals surface area contributed by atoms with Gasteiger partial charge < -0.3 is 10.6 Å². The first-order chi connectivity index (χ1) is 10.2. The van der Waals surface area contributed by atoms with Gasteiger partial charge in [-0.2, -0.15) is 0 Å². The van der Waals surface area contributed by atoms with Crippen LogP contribution >= 0.6 is 0 Å². The van der Waals surface area contributed by atoms with E-state index in [1.807, 2.05) is 0 Å². The lowest BCUT2D eigenvalue weighted by Crippen LogP contribution is -2.44. The lowest BCUT2D eigenvalue weighted by atomic mass is 10.0. The Morgan fingerprint density at radius 3 is 2.62 bits per heavy atom. The van der Waals surface area contributed by atoms with E-state index < -0.39 is 0 Å². The Bertz CT molecular complexity index is 514. The summed E-state index contributed by atoms with van der Waals surface area (Å²) >= 11 is 0. The molecular formula is C16H21N3O2. The number of hydrogen-bond acceptors (Lipinski definition) is 3. The van der Waals surface area contributed by atoms with Crippen molar-refractivity contribution in [3.8, 4) is 0 Å². The van der Waals surface area contributed by atoms with Crippen molar-refractivity contribution in [1.82, 2.24) is 15.6 Å². The van der Waals surface area contributed by atoms with Crippen molar-refractivity contribution >= 4 is 11.8 Å². The molecule has 2 N–H and O–H groups in total. The molecule has 112 valence electrons. The molecule has 0 saturated heterocycles. The van der Waals surface area contributed by atoms with E-state index in [4.69, 9.17) is 0 Å². The number of carbonyl (C=O) groups is 2. The molecule has 1 aromatic heterocycles. The van der Waals surface area contributed by atoms with Gasteiger partial charge in [0, 0.05) is 30.5 Å². The minimum atomic E-state index is -0.121. The van der Waals surface area contributed by atoms with E-state index in [1.54, 1.807) is 24.5 Å². The standard InChI is InChI=1S/C16H21N3O2/c20-15(12-6-8-17-9-7-12)19-14-3-1-2-13(14)16(21)18-10-11-4-5-11/h6-9,11,13-14H,1-5,10H2,(H,18,21)(H,19,20)/t13-,14+/m0/s1. The largest absolute Gasteiger partial charge is 0.356 e. The average molecular weight is 287 g/mol. The van der Waals surface area contributed by atoms with Crippen LogP contribution in [-0.4, -0.2) is 29.4 Å². The second-order valence-corrected chi connectivity index (χ2v) is 6.04. The SMILES string of the molecule is O=C(N[C@@H]1CCC[C@@H]1C(=O)NCC1CC1)c1ccncc1. The van der Waals surface area contributed by atoms with E-state index in [0.717, 1.165) is 25.8 Å². The normalized spacial score (nSPS) is 24.6. The lowest BCUT2D eigenvalue weighted by Gasteiger charge is -2.20. The molecule has 1 heterocycles. The molecule has 0 unspecified atom stereocenters. The van der Waals surface area contributed by atoms with Gasteiger partial charge in [0.2, 0.25) is 5.91 Å². The summed E-state index contributed by atoms with van der Waals surface area (Å²) in [5.41, 5.74) is 0.592. The Hall–Kier alpha value is -1.91. The Balaban J connectivity index is 1.55. The van der Waals surface area contributed by atoms with Crippen molar-refractivity contribution in [2.24, 2.45) is 11.8 Å². The second-order valence-electron chi connectivity index (χ2n) is 6.04. The van der Waals surface area contributed by atoms with E-state index in [0.29, 0.717) is 11.5 Å². The molecule has 1 aromatic rings. The summed E-state index contributed by atoms with van der Waals surface area (Å²) in [6.45, 7) is 0.792. The maximum Gasteiger partial charge on any atom is 0.251 e. The molecule has 2 aliphatic carbocycles. The molecule has 2 aliphatic rings. The quantitative estimate of drug-likeness (QED) is 0.862. The van der Waals surface area contributed by atoms with E-state index in [1.165, 1.54) is 12.8 Å². The van der Waals surface area contributed by atoms with Gasteiger partial charge in [-0.1, -0.05) is 6.42 Å². The van der Waals surface area contributed by atoms with Crippen LogP contribution in [0.3, 0.4) is 0 Å². The molecule has 0 radical (unpaired) electrons. The van der Waals surface area contributed by atoms with Gasteiger partial charge in [-0.05, 0) is 43.7 Å². The molecule has 5 nitrogen and oxygen atoms in total. The molecule has 0 bridgehead atoms. The first-order valence-corrected chi connectivity index (χ1v) is 7.72. The smallest absolute Gasteiger partial charge is 0.251 e. The summed E-state index contributed by atoms with van der Waals surface area (Å²) in [7, 11) is 0. The van der Waals surface area contributed by atoms with Gasteiger partial charge in [-0.15, -0.1) is 0 Å². The first-order valence-electron chi connectivity index (χ1n) is 7.72. The summed E-state index contributed by atoms with van der Waals surface area (Å²) in [5.74, 6) is 0.568. The monoisotopic (exact) mass is 287 g/mol. The zero-order valence-corrected chi connectivity index (χ0v) is 12.0. The van der Waals surface area contributed by atoms with Crippen molar-refractivity contribution in [3.05, 3.63) is 30.1 Å². The first kappa shape index (κ1) is 14.0. The van der Waals surface area contributed by atoms with Gasteiger partial charge in [0.15, 0.2) is 0 Å². The Morgan fingerprint density at radius 2 is 1.90 bits per heavy atom. The maximum absolute atomic E-state index is 12.2. The molecule has 21 heavy (non-hydrogen) atoms. The zero-order chi connectivity index (χ0) is 14.7. The van der Waals surface area contributed by atoms with Crippen LogP contribution in [0.2, 0.25) is 0 Å². The summed E-state index contributed by atoms with van der Waals surface area (Å²) in [6, 6.07) is 3.32. The number of hydrogen-bond donors (Lipinski definition) is 2. The van der Waals surface area contributed by atoms with Gasteiger partial charge in [-0.25, -0.2) is 0 Å². The molecule has 5 heteroatoms. The predicted octanol–water partition coefficient (Wildman–Crippen LogP) is 1.51. The third-order valence-electron chi connectivity index (χ3n) is 4.37. The molecule has 3 rings (SSSR count). The van der Waals surface area contributed by atoms with Gasteiger partial charge in [0.1, 0.15) is 0 Å². The minimum Gasteiger partial charge on any atom is -0.356 e. The van der Waals surface area contributed by atoms with Gasteiger partial charge in [0.05, 0.1) is 5.92 Å². The fourth-order valence-corrected chi connectivity index (χ4v) is 2.90. The number of rotatable bonds is 5. The van der Waals surface area contributed by atoms with E-state index >= 15 is 0 Å². The summed E-state index contributed by atoms with van der Waals surface area (Å²) in [5, 5.41) is 6.03. The maximum atomic E-state index is 12.2. The summed E-state index contributed by atoms with van der Waals surface area (Å²) in [4.78, 5) is 28.3. The van der Waals surface area contributed by atoms with Crippen LogP contribution in [0.5, 0.6) is 0 Å². The van der Waals surface area contributed by atoms with E-state index in [2.05, 4.69) is 15.6 Å². The highest BCUT2D eigenvalue weighted by molar-refractivity contribution is 5.94. The molecular weight excluding hydrogens is 266 g/mol. The number of pyridine rings is 1. The third kappa shape index (κ3) is 3.60. The third-order valence-corrected chi connectivity index (χ3v) is 4.37. The molecule has 0 spiro atoms. The van der Waals surface area contributed by atoms with Crippen molar-refractivity contribution in [2.75, 3.05) is 6.54 Å². The Kier molecular flexibility index (Phi) is 4.18. The Morgan fingerprint density at radius 1 is 1.14 bits per heavy atom. The van der Waals surface area contributed by atoms with Crippen molar-refractivity contribution in [3.63, 3.8) is 0 Å². The highest BCUT2D eigenvalue weighted by Gasteiger charge is 2.34. The molecule has 2 atom stereocenters. The van der Waals surface area contributed by atoms with Gasteiger partial charge >= 0.3 is 0 Å².